The van der Waals surface area contributed by atoms with Crippen molar-refractivity contribution >= 4 is 29.5 Å². The number of H-pyrrole nitrogens is 1. The van der Waals surface area contributed by atoms with Gasteiger partial charge < -0.3 is 4.90 Å². The molecular weight excluding hydrogens is 276 g/mol. The molecule has 100 valence electrons. The molecule has 2 heterocycles. The summed E-state index contributed by atoms with van der Waals surface area (Å²) in [4.78, 5) is 2.42. The minimum absolute atomic E-state index is 0.574. The van der Waals surface area contributed by atoms with Gasteiger partial charge in [0.1, 0.15) is 0 Å². The van der Waals surface area contributed by atoms with Crippen LogP contribution in [0.3, 0.4) is 0 Å². The van der Waals surface area contributed by atoms with Gasteiger partial charge in [-0.25, -0.2) is 5.10 Å². The maximum atomic E-state index is 5.38. The fraction of sp³-hybridized carbons (Fsp3) is 0.538. The highest BCUT2D eigenvalue weighted by Crippen LogP contribution is 2.40. The second-order valence-corrected chi connectivity index (χ2v) is 6.59. The molecule has 4 rings (SSSR count). The number of hydrogen-bond donors (Lipinski definition) is 1. The van der Waals surface area contributed by atoms with Crippen molar-refractivity contribution in [2.24, 2.45) is 0 Å². The van der Waals surface area contributed by atoms with E-state index in [4.69, 9.17) is 12.2 Å². The zero-order valence-corrected chi connectivity index (χ0v) is 12.2. The zero-order valence-electron chi connectivity index (χ0n) is 10.6. The van der Waals surface area contributed by atoms with Crippen molar-refractivity contribution in [3.05, 3.63) is 27.2 Å². The van der Waals surface area contributed by atoms with E-state index in [0.717, 1.165) is 17.3 Å². The molecule has 2 saturated carbocycles. The van der Waals surface area contributed by atoms with Gasteiger partial charge in [0, 0.05) is 18.6 Å². The van der Waals surface area contributed by atoms with Crippen LogP contribution in [0.4, 0.5) is 5.95 Å². The normalized spacial score (nSPS) is 18.7. The minimum atomic E-state index is 0.574. The van der Waals surface area contributed by atoms with E-state index in [-0.39, 0.29) is 0 Å². The summed E-state index contributed by atoms with van der Waals surface area (Å²) in [5, 5.41) is 11.8. The molecule has 2 fully saturated rings. The first kappa shape index (κ1) is 11.7. The van der Waals surface area contributed by atoms with E-state index in [2.05, 4.69) is 36.5 Å². The monoisotopic (exact) mass is 292 g/mol. The average Bonchev–Trinajstić information content (AvgIpc) is 3.33. The predicted octanol–water partition coefficient (Wildman–Crippen LogP) is 3.51. The molecule has 2 aliphatic rings. The third kappa shape index (κ3) is 2.23. The Kier molecular flexibility index (Phi) is 2.73. The van der Waals surface area contributed by atoms with Gasteiger partial charge in [-0.2, -0.15) is 11.3 Å². The van der Waals surface area contributed by atoms with Crippen molar-refractivity contribution in [3.8, 4) is 0 Å². The number of thiophene rings is 1. The SMILES string of the molecule is S=c1[nH]nc(N(Cc2ccsc2)C2CC2)n1C1CC1. The quantitative estimate of drug-likeness (QED) is 0.857. The molecule has 0 atom stereocenters. The van der Waals surface area contributed by atoms with Crippen molar-refractivity contribution in [1.82, 2.24) is 14.8 Å². The lowest BCUT2D eigenvalue weighted by molar-refractivity contribution is 0.669. The largest absolute Gasteiger partial charge is 0.334 e. The first-order chi connectivity index (χ1) is 9.33. The Balaban J connectivity index is 1.69. The number of nitrogens with one attached hydrogen (secondary N) is 1. The lowest BCUT2D eigenvalue weighted by Gasteiger charge is -2.23. The Labute approximate surface area is 121 Å². The summed E-state index contributed by atoms with van der Waals surface area (Å²) in [7, 11) is 0. The average molecular weight is 292 g/mol. The van der Waals surface area contributed by atoms with E-state index in [1.54, 1.807) is 11.3 Å². The summed E-state index contributed by atoms with van der Waals surface area (Å²) in [6.45, 7) is 0.945. The molecule has 2 aliphatic carbocycles. The lowest BCUT2D eigenvalue weighted by atomic mass is 10.3. The highest BCUT2D eigenvalue weighted by molar-refractivity contribution is 7.71. The third-order valence-corrected chi connectivity index (χ3v) is 4.80. The molecule has 0 aromatic carbocycles. The van der Waals surface area contributed by atoms with E-state index >= 15 is 0 Å². The van der Waals surface area contributed by atoms with E-state index in [9.17, 15) is 0 Å². The minimum Gasteiger partial charge on any atom is -0.334 e. The van der Waals surface area contributed by atoms with E-state index in [1.165, 1.54) is 31.2 Å². The Bertz CT molecular complexity index is 619. The first-order valence-electron chi connectivity index (χ1n) is 6.77. The Morgan fingerprint density at radius 2 is 2.26 bits per heavy atom. The van der Waals surface area contributed by atoms with Gasteiger partial charge in [0.2, 0.25) is 5.95 Å². The molecule has 0 radical (unpaired) electrons. The zero-order chi connectivity index (χ0) is 12.8. The number of rotatable bonds is 5. The molecule has 1 N–H and O–H groups in total. The number of anilines is 1. The van der Waals surface area contributed by atoms with E-state index in [0.29, 0.717) is 12.1 Å². The van der Waals surface area contributed by atoms with Crippen LogP contribution in [0.5, 0.6) is 0 Å². The second kappa shape index (κ2) is 4.45. The number of nitrogens with zero attached hydrogens (tertiary/aromatic N) is 3. The Hall–Kier alpha value is -1.14. The van der Waals surface area contributed by atoms with Crippen molar-refractivity contribution < 1.29 is 0 Å². The molecular formula is C13H16N4S2. The van der Waals surface area contributed by atoms with Crippen molar-refractivity contribution in [1.29, 1.82) is 0 Å². The number of aromatic amines is 1. The molecule has 0 unspecified atom stereocenters. The third-order valence-electron chi connectivity index (χ3n) is 3.78. The van der Waals surface area contributed by atoms with Crippen LogP contribution in [-0.4, -0.2) is 20.8 Å². The van der Waals surface area contributed by atoms with Gasteiger partial charge >= 0.3 is 0 Å². The van der Waals surface area contributed by atoms with Gasteiger partial charge in [-0.1, -0.05) is 0 Å². The van der Waals surface area contributed by atoms with Crippen LogP contribution < -0.4 is 4.90 Å². The predicted molar refractivity (Wildman–Crippen MR) is 79.2 cm³/mol. The molecule has 0 bridgehead atoms. The topological polar surface area (TPSA) is 36.9 Å². The maximum absolute atomic E-state index is 5.38. The molecule has 19 heavy (non-hydrogen) atoms. The van der Waals surface area contributed by atoms with Crippen LogP contribution in [-0.2, 0) is 6.54 Å². The highest BCUT2D eigenvalue weighted by Gasteiger charge is 2.35. The highest BCUT2D eigenvalue weighted by atomic mass is 32.1. The lowest BCUT2D eigenvalue weighted by Crippen LogP contribution is -2.28. The summed E-state index contributed by atoms with van der Waals surface area (Å²) >= 11 is 7.14. The smallest absolute Gasteiger partial charge is 0.226 e. The van der Waals surface area contributed by atoms with Gasteiger partial charge in [-0.3, -0.25) is 4.57 Å². The summed E-state index contributed by atoms with van der Waals surface area (Å²) in [5.41, 5.74) is 1.37. The van der Waals surface area contributed by atoms with Crippen molar-refractivity contribution in [2.45, 2.75) is 44.3 Å². The van der Waals surface area contributed by atoms with Gasteiger partial charge in [-0.05, 0) is 60.3 Å². The summed E-state index contributed by atoms with van der Waals surface area (Å²) < 4.78 is 2.99. The van der Waals surface area contributed by atoms with Crippen LogP contribution in [0, 0.1) is 4.77 Å². The van der Waals surface area contributed by atoms with Crippen molar-refractivity contribution in [3.63, 3.8) is 0 Å². The fourth-order valence-corrected chi connectivity index (χ4v) is 3.43. The molecule has 2 aromatic heterocycles. The molecule has 0 aliphatic heterocycles. The van der Waals surface area contributed by atoms with Crippen LogP contribution >= 0.6 is 23.6 Å². The molecule has 2 aromatic rings. The fourth-order valence-electron chi connectivity index (χ4n) is 2.49. The first-order valence-corrected chi connectivity index (χ1v) is 8.12. The maximum Gasteiger partial charge on any atom is 0.226 e. The standard InChI is InChI=1S/C13H16N4S2/c18-13-15-14-12(17(13)11-3-4-11)16(10-1-2-10)7-9-5-6-19-8-9/h5-6,8,10-11H,1-4,7H2,(H,15,18). The van der Waals surface area contributed by atoms with Gasteiger partial charge in [0.25, 0.3) is 0 Å². The Morgan fingerprint density at radius 3 is 2.89 bits per heavy atom. The number of hydrogen-bond acceptors (Lipinski definition) is 4. The Morgan fingerprint density at radius 1 is 1.42 bits per heavy atom. The van der Waals surface area contributed by atoms with E-state index < -0.39 is 0 Å². The molecule has 0 spiro atoms. The van der Waals surface area contributed by atoms with Gasteiger partial charge in [0.05, 0.1) is 0 Å². The molecule has 4 nitrogen and oxygen atoms in total. The molecule has 6 heteroatoms. The van der Waals surface area contributed by atoms with Crippen LogP contribution in [0.15, 0.2) is 16.8 Å². The second-order valence-electron chi connectivity index (χ2n) is 5.42. The summed E-state index contributed by atoms with van der Waals surface area (Å²) in [5.74, 6) is 1.04. The summed E-state index contributed by atoms with van der Waals surface area (Å²) in [6, 6.07) is 3.41. The van der Waals surface area contributed by atoms with Crippen LogP contribution in [0.1, 0.15) is 37.3 Å². The van der Waals surface area contributed by atoms with Crippen molar-refractivity contribution in [2.75, 3.05) is 4.90 Å². The van der Waals surface area contributed by atoms with Crippen LogP contribution in [0.25, 0.3) is 0 Å². The molecule has 0 saturated heterocycles. The van der Waals surface area contributed by atoms with Gasteiger partial charge in [-0.15, -0.1) is 5.10 Å². The van der Waals surface area contributed by atoms with E-state index in [1.807, 2.05) is 0 Å². The van der Waals surface area contributed by atoms with Crippen LogP contribution in [0.2, 0.25) is 0 Å². The van der Waals surface area contributed by atoms with Gasteiger partial charge in [0.15, 0.2) is 4.77 Å². The summed E-state index contributed by atoms with van der Waals surface area (Å²) in [6.07, 6.45) is 5.01. The number of aromatic nitrogens is 3. The molecule has 0 amide bonds.